The third kappa shape index (κ3) is 6.10. The fourth-order valence-electron chi connectivity index (χ4n) is 0.834. The normalized spacial score (nSPS) is 12.6. The quantitative estimate of drug-likeness (QED) is 0.549. The van der Waals surface area contributed by atoms with Crippen molar-refractivity contribution in [2.75, 3.05) is 6.54 Å². The summed E-state index contributed by atoms with van der Waals surface area (Å²) in [6.45, 7) is 3.29. The van der Waals surface area contributed by atoms with E-state index in [4.69, 9.17) is 5.11 Å². The van der Waals surface area contributed by atoms with Crippen LogP contribution in [0.1, 0.15) is 20.3 Å². The highest BCUT2D eigenvalue weighted by Gasteiger charge is 2.16. The van der Waals surface area contributed by atoms with E-state index in [0.29, 0.717) is 6.42 Å². The Morgan fingerprint density at radius 1 is 1.38 bits per heavy atom. The van der Waals surface area contributed by atoms with Gasteiger partial charge in [-0.15, -0.1) is 0 Å². The Morgan fingerprint density at radius 3 is 2.31 bits per heavy atom. The summed E-state index contributed by atoms with van der Waals surface area (Å²) in [5.41, 5.74) is 0. The largest absolute Gasteiger partial charge is 0.480 e. The van der Waals surface area contributed by atoms with E-state index in [2.05, 4.69) is 5.32 Å². The summed E-state index contributed by atoms with van der Waals surface area (Å²) in [6.07, 6.45) is -0.773. The van der Waals surface area contributed by atoms with Gasteiger partial charge in [0.25, 0.3) is 0 Å². The van der Waals surface area contributed by atoms with E-state index in [9.17, 15) is 14.7 Å². The topological polar surface area (TPSA) is 86.6 Å². The molecule has 0 bridgehead atoms. The van der Waals surface area contributed by atoms with Crippen LogP contribution in [-0.4, -0.2) is 34.7 Å². The SMILES string of the molecule is CC(C)CC(O)C(=O)NCC(=O)O. The molecule has 5 nitrogen and oxygen atoms in total. The molecule has 0 radical (unpaired) electrons. The van der Waals surface area contributed by atoms with Gasteiger partial charge in [-0.1, -0.05) is 13.8 Å². The van der Waals surface area contributed by atoms with Crippen LogP contribution in [0.4, 0.5) is 0 Å². The molecule has 1 atom stereocenters. The van der Waals surface area contributed by atoms with Crippen LogP contribution in [0, 0.1) is 5.92 Å². The van der Waals surface area contributed by atoms with Crippen LogP contribution in [0.25, 0.3) is 0 Å². The average Bonchev–Trinajstić information content (AvgIpc) is 1.98. The highest BCUT2D eigenvalue weighted by atomic mass is 16.4. The molecule has 0 heterocycles. The number of hydrogen-bond acceptors (Lipinski definition) is 3. The molecule has 0 saturated carbocycles. The number of amides is 1. The summed E-state index contributed by atoms with van der Waals surface area (Å²) in [7, 11) is 0. The molecule has 0 aromatic heterocycles. The molecule has 0 fully saturated rings. The second-order valence-corrected chi connectivity index (χ2v) is 3.26. The van der Waals surface area contributed by atoms with E-state index in [0.717, 1.165) is 0 Å². The number of aliphatic hydroxyl groups excluding tert-OH is 1. The van der Waals surface area contributed by atoms with Gasteiger partial charge in [-0.05, 0) is 12.3 Å². The van der Waals surface area contributed by atoms with Gasteiger partial charge in [0.1, 0.15) is 12.6 Å². The van der Waals surface area contributed by atoms with Gasteiger partial charge < -0.3 is 15.5 Å². The summed E-state index contributed by atoms with van der Waals surface area (Å²) in [5, 5.41) is 19.5. The lowest BCUT2D eigenvalue weighted by atomic mass is 10.1. The number of carbonyl (C=O) groups excluding carboxylic acids is 1. The number of aliphatic hydroxyl groups is 1. The Balaban J connectivity index is 3.76. The zero-order chi connectivity index (χ0) is 10.4. The molecule has 0 rings (SSSR count). The van der Waals surface area contributed by atoms with Crippen molar-refractivity contribution in [3.05, 3.63) is 0 Å². The molecule has 0 aliphatic heterocycles. The summed E-state index contributed by atoms with van der Waals surface area (Å²) in [5.74, 6) is -1.55. The molecule has 5 heteroatoms. The predicted octanol–water partition coefficient (Wildman–Crippen LogP) is -0.406. The van der Waals surface area contributed by atoms with Crippen molar-refractivity contribution in [2.45, 2.75) is 26.4 Å². The van der Waals surface area contributed by atoms with Crippen LogP contribution < -0.4 is 5.32 Å². The Labute approximate surface area is 76.8 Å². The summed E-state index contributed by atoms with van der Waals surface area (Å²) >= 11 is 0. The van der Waals surface area contributed by atoms with Crippen molar-refractivity contribution < 1.29 is 19.8 Å². The standard InChI is InChI=1S/C8H15NO4/c1-5(2)3-6(10)8(13)9-4-7(11)12/h5-6,10H,3-4H2,1-2H3,(H,9,13)(H,11,12). The van der Waals surface area contributed by atoms with E-state index in [1.54, 1.807) is 0 Å². The first-order valence-electron chi connectivity index (χ1n) is 4.11. The molecule has 0 aromatic carbocycles. The van der Waals surface area contributed by atoms with Crippen molar-refractivity contribution in [3.8, 4) is 0 Å². The average molecular weight is 189 g/mol. The molecule has 0 spiro atoms. The van der Waals surface area contributed by atoms with Crippen molar-refractivity contribution >= 4 is 11.9 Å². The lowest BCUT2D eigenvalue weighted by Crippen LogP contribution is -2.38. The highest BCUT2D eigenvalue weighted by Crippen LogP contribution is 2.03. The number of rotatable bonds is 5. The molecule has 0 saturated heterocycles. The second-order valence-electron chi connectivity index (χ2n) is 3.26. The Bertz CT molecular complexity index is 191. The maximum absolute atomic E-state index is 11.0. The number of aliphatic carboxylic acids is 1. The smallest absolute Gasteiger partial charge is 0.322 e. The molecule has 0 aromatic rings. The van der Waals surface area contributed by atoms with Crippen molar-refractivity contribution in [3.63, 3.8) is 0 Å². The van der Waals surface area contributed by atoms with Crippen LogP contribution in [0.15, 0.2) is 0 Å². The van der Waals surface area contributed by atoms with E-state index in [-0.39, 0.29) is 5.92 Å². The minimum Gasteiger partial charge on any atom is -0.480 e. The van der Waals surface area contributed by atoms with Crippen LogP contribution in [-0.2, 0) is 9.59 Å². The van der Waals surface area contributed by atoms with Crippen molar-refractivity contribution in [2.24, 2.45) is 5.92 Å². The summed E-state index contributed by atoms with van der Waals surface area (Å²) < 4.78 is 0. The minimum absolute atomic E-state index is 0.200. The second kappa shape index (κ2) is 5.53. The first-order valence-corrected chi connectivity index (χ1v) is 4.11. The lowest BCUT2D eigenvalue weighted by Gasteiger charge is -2.11. The van der Waals surface area contributed by atoms with Gasteiger partial charge in [-0.2, -0.15) is 0 Å². The maximum Gasteiger partial charge on any atom is 0.322 e. The Morgan fingerprint density at radius 2 is 1.92 bits per heavy atom. The maximum atomic E-state index is 11.0. The summed E-state index contributed by atoms with van der Waals surface area (Å²) in [6, 6.07) is 0. The first-order chi connectivity index (χ1) is 5.93. The van der Waals surface area contributed by atoms with Crippen LogP contribution in [0.5, 0.6) is 0 Å². The number of carboxylic acids is 1. The monoisotopic (exact) mass is 189 g/mol. The molecular formula is C8H15NO4. The van der Waals surface area contributed by atoms with E-state index >= 15 is 0 Å². The van der Waals surface area contributed by atoms with E-state index in [1.807, 2.05) is 13.8 Å². The highest BCUT2D eigenvalue weighted by molar-refractivity contribution is 5.84. The van der Waals surface area contributed by atoms with E-state index in [1.165, 1.54) is 0 Å². The van der Waals surface area contributed by atoms with Crippen molar-refractivity contribution in [1.29, 1.82) is 0 Å². The van der Waals surface area contributed by atoms with Gasteiger partial charge in [0, 0.05) is 0 Å². The van der Waals surface area contributed by atoms with Gasteiger partial charge in [0.05, 0.1) is 0 Å². The van der Waals surface area contributed by atoms with Crippen LogP contribution in [0.3, 0.4) is 0 Å². The molecular weight excluding hydrogens is 174 g/mol. The summed E-state index contributed by atoms with van der Waals surface area (Å²) in [4.78, 5) is 21.0. The zero-order valence-corrected chi connectivity index (χ0v) is 7.78. The minimum atomic E-state index is -1.12. The predicted molar refractivity (Wildman–Crippen MR) is 46.1 cm³/mol. The third-order valence-corrected chi connectivity index (χ3v) is 1.41. The molecule has 76 valence electrons. The molecule has 1 amide bonds. The van der Waals surface area contributed by atoms with Gasteiger partial charge >= 0.3 is 5.97 Å². The number of carboxylic acid groups (broad SMARTS) is 1. The molecule has 3 N–H and O–H groups in total. The van der Waals surface area contributed by atoms with E-state index < -0.39 is 24.5 Å². The third-order valence-electron chi connectivity index (χ3n) is 1.41. The fraction of sp³-hybridized carbons (Fsp3) is 0.750. The molecule has 0 aliphatic rings. The Kier molecular flexibility index (Phi) is 5.06. The van der Waals surface area contributed by atoms with Gasteiger partial charge in [-0.25, -0.2) is 0 Å². The van der Waals surface area contributed by atoms with Crippen molar-refractivity contribution in [1.82, 2.24) is 5.32 Å². The number of hydrogen-bond donors (Lipinski definition) is 3. The van der Waals surface area contributed by atoms with Gasteiger partial charge in [-0.3, -0.25) is 9.59 Å². The van der Waals surface area contributed by atoms with Gasteiger partial charge in [0.15, 0.2) is 0 Å². The van der Waals surface area contributed by atoms with Crippen LogP contribution >= 0.6 is 0 Å². The van der Waals surface area contributed by atoms with Gasteiger partial charge in [0.2, 0.25) is 5.91 Å². The Hall–Kier alpha value is -1.10. The number of carbonyl (C=O) groups is 2. The lowest BCUT2D eigenvalue weighted by molar-refractivity contribution is -0.139. The zero-order valence-electron chi connectivity index (χ0n) is 7.78. The molecule has 13 heavy (non-hydrogen) atoms. The molecule has 0 aliphatic carbocycles. The number of nitrogens with one attached hydrogen (secondary N) is 1. The molecule has 1 unspecified atom stereocenters. The fourth-order valence-corrected chi connectivity index (χ4v) is 0.834. The van der Waals surface area contributed by atoms with Crippen LogP contribution in [0.2, 0.25) is 0 Å². The first kappa shape index (κ1) is 11.9.